The van der Waals surface area contributed by atoms with E-state index in [9.17, 15) is 0 Å². The molecule has 0 aliphatic rings. The Hall–Kier alpha value is -2.07. The van der Waals surface area contributed by atoms with Crippen molar-refractivity contribution in [3.8, 4) is 11.5 Å². The van der Waals surface area contributed by atoms with E-state index >= 15 is 0 Å². The number of methoxy groups -OCH3 is 1. The monoisotopic (exact) mass is 286 g/mol. The van der Waals surface area contributed by atoms with Gasteiger partial charge in [-0.1, -0.05) is 17.7 Å². The number of rotatable bonds is 6. The molecule has 0 unspecified atom stereocenters. The van der Waals surface area contributed by atoms with Gasteiger partial charge in [0.05, 0.1) is 12.8 Å². The van der Waals surface area contributed by atoms with E-state index < -0.39 is 0 Å². The SMILES string of the molecule is COc1cc(C)nc(COc2ccc(C)cc2CCN)c1. The summed E-state index contributed by atoms with van der Waals surface area (Å²) in [4.78, 5) is 4.46. The molecule has 0 radical (unpaired) electrons. The highest BCUT2D eigenvalue weighted by Crippen LogP contribution is 2.22. The molecule has 0 atom stereocenters. The average molecular weight is 286 g/mol. The van der Waals surface area contributed by atoms with Gasteiger partial charge in [0, 0.05) is 17.8 Å². The maximum atomic E-state index is 5.91. The highest BCUT2D eigenvalue weighted by molar-refractivity contribution is 5.37. The fourth-order valence-electron chi connectivity index (χ4n) is 2.25. The first-order valence-electron chi connectivity index (χ1n) is 7.06. The summed E-state index contributed by atoms with van der Waals surface area (Å²) < 4.78 is 11.2. The molecule has 112 valence electrons. The Labute approximate surface area is 125 Å². The van der Waals surface area contributed by atoms with Crippen LogP contribution in [-0.4, -0.2) is 18.6 Å². The van der Waals surface area contributed by atoms with E-state index in [1.165, 1.54) is 5.56 Å². The van der Waals surface area contributed by atoms with Crippen molar-refractivity contribution < 1.29 is 9.47 Å². The molecule has 21 heavy (non-hydrogen) atoms. The first-order valence-corrected chi connectivity index (χ1v) is 7.06. The summed E-state index contributed by atoms with van der Waals surface area (Å²) in [5.74, 6) is 1.67. The van der Waals surface area contributed by atoms with Crippen LogP contribution in [-0.2, 0) is 13.0 Å². The van der Waals surface area contributed by atoms with E-state index in [2.05, 4.69) is 18.0 Å². The predicted octanol–water partition coefficient (Wildman–Crippen LogP) is 2.79. The Kier molecular flexibility index (Phi) is 5.17. The molecule has 0 aliphatic carbocycles. The third-order valence-electron chi connectivity index (χ3n) is 3.22. The van der Waals surface area contributed by atoms with Crippen LogP contribution in [0.25, 0.3) is 0 Å². The molecule has 0 saturated heterocycles. The smallest absolute Gasteiger partial charge is 0.130 e. The molecular formula is C17H22N2O2. The molecule has 4 nitrogen and oxygen atoms in total. The average Bonchev–Trinajstić information content (AvgIpc) is 2.46. The molecule has 1 aromatic heterocycles. The van der Waals surface area contributed by atoms with E-state index in [-0.39, 0.29) is 0 Å². The minimum atomic E-state index is 0.415. The summed E-state index contributed by atoms with van der Waals surface area (Å²) in [7, 11) is 1.65. The van der Waals surface area contributed by atoms with E-state index in [1.807, 2.05) is 31.2 Å². The summed E-state index contributed by atoms with van der Waals surface area (Å²) >= 11 is 0. The highest BCUT2D eigenvalue weighted by Gasteiger charge is 2.06. The largest absolute Gasteiger partial charge is 0.497 e. The zero-order valence-electron chi connectivity index (χ0n) is 12.8. The Morgan fingerprint density at radius 2 is 1.95 bits per heavy atom. The van der Waals surface area contributed by atoms with Crippen LogP contribution in [0.5, 0.6) is 11.5 Å². The van der Waals surface area contributed by atoms with Gasteiger partial charge >= 0.3 is 0 Å². The first-order chi connectivity index (χ1) is 10.1. The molecule has 0 fully saturated rings. The zero-order chi connectivity index (χ0) is 15.2. The fourth-order valence-corrected chi connectivity index (χ4v) is 2.25. The lowest BCUT2D eigenvalue weighted by Crippen LogP contribution is -2.06. The molecule has 0 saturated carbocycles. The lowest BCUT2D eigenvalue weighted by atomic mass is 10.1. The van der Waals surface area contributed by atoms with Crippen molar-refractivity contribution in [1.82, 2.24) is 4.98 Å². The van der Waals surface area contributed by atoms with Crippen molar-refractivity contribution >= 4 is 0 Å². The van der Waals surface area contributed by atoms with E-state index in [0.29, 0.717) is 13.2 Å². The third kappa shape index (κ3) is 4.20. The molecule has 1 heterocycles. The number of nitrogens with zero attached hydrogens (tertiary/aromatic N) is 1. The number of ether oxygens (including phenoxy) is 2. The van der Waals surface area contributed by atoms with Gasteiger partial charge in [0.1, 0.15) is 18.1 Å². The lowest BCUT2D eigenvalue weighted by Gasteiger charge is -2.12. The van der Waals surface area contributed by atoms with E-state index in [4.69, 9.17) is 15.2 Å². The molecule has 4 heteroatoms. The summed E-state index contributed by atoms with van der Waals surface area (Å²) in [6.45, 7) is 5.03. The van der Waals surface area contributed by atoms with Crippen LogP contribution in [0.3, 0.4) is 0 Å². The van der Waals surface area contributed by atoms with Crippen LogP contribution in [0.4, 0.5) is 0 Å². The number of aryl methyl sites for hydroxylation is 2. The lowest BCUT2D eigenvalue weighted by molar-refractivity contribution is 0.296. The Bertz CT molecular complexity index is 612. The maximum absolute atomic E-state index is 5.91. The highest BCUT2D eigenvalue weighted by atomic mass is 16.5. The van der Waals surface area contributed by atoms with Crippen LogP contribution >= 0.6 is 0 Å². The van der Waals surface area contributed by atoms with Crippen molar-refractivity contribution in [2.45, 2.75) is 26.9 Å². The van der Waals surface area contributed by atoms with Crippen LogP contribution in [0, 0.1) is 13.8 Å². The molecule has 2 rings (SSSR count). The van der Waals surface area contributed by atoms with Gasteiger partial charge in [-0.3, -0.25) is 4.98 Å². The van der Waals surface area contributed by atoms with Crippen molar-refractivity contribution in [2.75, 3.05) is 13.7 Å². The molecular weight excluding hydrogens is 264 g/mol. The molecule has 2 N–H and O–H groups in total. The van der Waals surface area contributed by atoms with Gasteiger partial charge in [0.2, 0.25) is 0 Å². The van der Waals surface area contributed by atoms with Gasteiger partial charge in [-0.2, -0.15) is 0 Å². The molecule has 0 amide bonds. The van der Waals surface area contributed by atoms with Crippen LogP contribution in [0.2, 0.25) is 0 Å². The molecule has 0 bridgehead atoms. The summed E-state index contributed by atoms with van der Waals surface area (Å²) in [5.41, 5.74) is 9.77. The van der Waals surface area contributed by atoms with Gasteiger partial charge in [-0.05, 0) is 38.4 Å². The summed E-state index contributed by atoms with van der Waals surface area (Å²) in [6.07, 6.45) is 0.807. The number of aromatic nitrogens is 1. The van der Waals surface area contributed by atoms with Gasteiger partial charge in [-0.15, -0.1) is 0 Å². The van der Waals surface area contributed by atoms with Crippen molar-refractivity contribution in [1.29, 1.82) is 0 Å². The number of nitrogens with two attached hydrogens (primary N) is 1. The second-order valence-corrected chi connectivity index (χ2v) is 5.08. The summed E-state index contributed by atoms with van der Waals surface area (Å²) in [6, 6.07) is 9.94. The Morgan fingerprint density at radius 1 is 1.14 bits per heavy atom. The van der Waals surface area contributed by atoms with E-state index in [0.717, 1.165) is 34.9 Å². The zero-order valence-corrected chi connectivity index (χ0v) is 12.8. The fraction of sp³-hybridized carbons (Fsp3) is 0.353. The van der Waals surface area contributed by atoms with Gasteiger partial charge in [0.25, 0.3) is 0 Å². The number of hydrogen-bond acceptors (Lipinski definition) is 4. The predicted molar refractivity (Wildman–Crippen MR) is 83.8 cm³/mol. The Balaban J connectivity index is 2.14. The van der Waals surface area contributed by atoms with Gasteiger partial charge < -0.3 is 15.2 Å². The number of pyridine rings is 1. The second kappa shape index (κ2) is 7.09. The molecule has 0 spiro atoms. The van der Waals surface area contributed by atoms with Gasteiger partial charge in [0.15, 0.2) is 0 Å². The van der Waals surface area contributed by atoms with Crippen LogP contribution < -0.4 is 15.2 Å². The van der Waals surface area contributed by atoms with Crippen molar-refractivity contribution in [3.05, 3.63) is 52.8 Å². The number of hydrogen-bond donors (Lipinski definition) is 1. The minimum Gasteiger partial charge on any atom is -0.497 e. The van der Waals surface area contributed by atoms with E-state index in [1.54, 1.807) is 7.11 Å². The van der Waals surface area contributed by atoms with Crippen LogP contribution in [0.1, 0.15) is 22.5 Å². The summed E-state index contributed by atoms with van der Waals surface area (Å²) in [5, 5.41) is 0. The quantitative estimate of drug-likeness (QED) is 0.887. The van der Waals surface area contributed by atoms with Crippen molar-refractivity contribution in [3.63, 3.8) is 0 Å². The first kappa shape index (κ1) is 15.3. The topological polar surface area (TPSA) is 57.4 Å². The standard InChI is InChI=1S/C17H22N2O2/c1-12-4-5-17(14(8-12)6-7-18)21-11-15-10-16(20-3)9-13(2)19-15/h4-5,8-10H,6-7,11,18H2,1-3H3. The second-order valence-electron chi connectivity index (χ2n) is 5.08. The third-order valence-corrected chi connectivity index (χ3v) is 3.22. The maximum Gasteiger partial charge on any atom is 0.130 e. The normalized spacial score (nSPS) is 10.5. The number of benzene rings is 1. The van der Waals surface area contributed by atoms with Crippen LogP contribution in [0.15, 0.2) is 30.3 Å². The molecule has 1 aromatic carbocycles. The minimum absolute atomic E-state index is 0.415. The van der Waals surface area contributed by atoms with Crippen molar-refractivity contribution in [2.24, 2.45) is 5.73 Å². The molecule has 2 aromatic rings. The molecule has 0 aliphatic heterocycles. The van der Waals surface area contributed by atoms with Gasteiger partial charge in [-0.25, -0.2) is 0 Å². The Morgan fingerprint density at radius 3 is 2.67 bits per heavy atom.